The molecule has 1 aliphatic rings. The van der Waals surface area contributed by atoms with Crippen molar-refractivity contribution in [3.8, 4) is 0 Å². The summed E-state index contributed by atoms with van der Waals surface area (Å²) in [5, 5.41) is 8.17. The van der Waals surface area contributed by atoms with E-state index in [2.05, 4.69) is 57.5 Å². The number of aryl methyl sites for hydroxylation is 1. The second-order valence-electron chi connectivity index (χ2n) is 5.56. The summed E-state index contributed by atoms with van der Waals surface area (Å²) in [6, 6.07) is 9.27. The van der Waals surface area contributed by atoms with Gasteiger partial charge in [-0.1, -0.05) is 28.1 Å². The number of benzene rings is 1. The van der Waals surface area contributed by atoms with Crippen LogP contribution in [0.3, 0.4) is 0 Å². The molecule has 1 aromatic carbocycles. The molecular weight excluding hydrogens is 314 g/mol. The van der Waals surface area contributed by atoms with Gasteiger partial charge >= 0.3 is 0 Å². The predicted molar refractivity (Wildman–Crippen MR) is 84.6 cm³/mol. The Bertz CT molecular complexity index is 606. The normalized spacial score (nSPS) is 19.6. The Balaban J connectivity index is 1.78. The van der Waals surface area contributed by atoms with Crippen molar-refractivity contribution in [2.24, 2.45) is 7.05 Å². The Morgan fingerprint density at radius 1 is 1.45 bits per heavy atom. The summed E-state index contributed by atoms with van der Waals surface area (Å²) in [4.78, 5) is 0. The van der Waals surface area contributed by atoms with E-state index < -0.39 is 0 Å². The number of nitrogens with one attached hydrogen (secondary N) is 1. The van der Waals surface area contributed by atoms with Gasteiger partial charge in [-0.05, 0) is 43.9 Å². The fraction of sp³-hybridized carbons (Fsp3) is 0.438. The first-order valence-electron chi connectivity index (χ1n) is 7.17. The van der Waals surface area contributed by atoms with Crippen molar-refractivity contribution in [1.82, 2.24) is 15.1 Å². The number of nitrogens with zero attached hydrogens (tertiary/aromatic N) is 2. The minimum atomic E-state index is 0.337. The number of aromatic nitrogens is 2. The lowest BCUT2D eigenvalue weighted by Gasteiger charge is -2.27. The van der Waals surface area contributed by atoms with Crippen LogP contribution in [0.15, 0.2) is 34.9 Å². The average molecular weight is 334 g/mol. The van der Waals surface area contributed by atoms with Gasteiger partial charge < -0.3 is 5.32 Å². The lowest BCUT2D eigenvalue weighted by atomic mass is 9.92. The molecule has 0 aliphatic heterocycles. The molecule has 0 fully saturated rings. The molecule has 0 bridgehead atoms. The van der Waals surface area contributed by atoms with Gasteiger partial charge in [-0.3, -0.25) is 4.68 Å². The zero-order chi connectivity index (χ0) is 14.1. The van der Waals surface area contributed by atoms with Gasteiger partial charge in [0.15, 0.2) is 0 Å². The second kappa shape index (κ2) is 5.70. The Morgan fingerprint density at radius 2 is 2.30 bits per heavy atom. The molecule has 3 rings (SSSR count). The summed E-state index contributed by atoms with van der Waals surface area (Å²) >= 11 is 3.54. The Morgan fingerprint density at radius 3 is 3.10 bits per heavy atom. The third kappa shape index (κ3) is 2.67. The first kappa shape index (κ1) is 13.8. The van der Waals surface area contributed by atoms with Gasteiger partial charge in [0, 0.05) is 34.9 Å². The van der Waals surface area contributed by atoms with Gasteiger partial charge in [0.25, 0.3) is 0 Å². The molecule has 0 radical (unpaired) electrons. The third-order valence-electron chi connectivity index (χ3n) is 4.18. The quantitative estimate of drug-likeness (QED) is 0.922. The SMILES string of the molecule is C[C@@H](NC1CCCc2c1cnn2C)c1cccc(Br)c1. The van der Waals surface area contributed by atoms with Crippen molar-refractivity contribution in [3.05, 3.63) is 51.8 Å². The maximum Gasteiger partial charge on any atom is 0.0540 e. The van der Waals surface area contributed by atoms with E-state index in [9.17, 15) is 0 Å². The van der Waals surface area contributed by atoms with E-state index in [1.807, 2.05) is 17.9 Å². The van der Waals surface area contributed by atoms with E-state index in [1.165, 1.54) is 29.7 Å². The van der Waals surface area contributed by atoms with E-state index in [4.69, 9.17) is 0 Å². The maximum absolute atomic E-state index is 4.41. The zero-order valence-electron chi connectivity index (χ0n) is 11.9. The number of halogens is 1. The first-order chi connectivity index (χ1) is 9.65. The predicted octanol–water partition coefficient (Wildman–Crippen LogP) is 3.91. The molecule has 0 spiro atoms. The van der Waals surface area contributed by atoms with E-state index in [0.717, 1.165) is 10.9 Å². The van der Waals surface area contributed by atoms with Crippen molar-refractivity contribution in [2.45, 2.75) is 38.3 Å². The molecule has 0 amide bonds. The minimum Gasteiger partial charge on any atom is -0.303 e. The standard InChI is InChI=1S/C16H20BrN3/c1-11(12-5-3-6-13(17)9-12)19-15-7-4-8-16-14(15)10-18-20(16)2/h3,5-6,9-11,15,19H,4,7-8H2,1-2H3/t11-,15?/m1/s1. The van der Waals surface area contributed by atoms with Gasteiger partial charge in [0.2, 0.25) is 0 Å². The van der Waals surface area contributed by atoms with Gasteiger partial charge in [-0.2, -0.15) is 5.10 Å². The van der Waals surface area contributed by atoms with Crippen LogP contribution in [0.4, 0.5) is 0 Å². The number of rotatable bonds is 3. The Labute approximate surface area is 128 Å². The average Bonchev–Trinajstić information content (AvgIpc) is 2.82. The highest BCUT2D eigenvalue weighted by Gasteiger charge is 2.24. The molecule has 106 valence electrons. The molecule has 20 heavy (non-hydrogen) atoms. The summed E-state index contributed by atoms with van der Waals surface area (Å²) in [6.07, 6.45) is 5.60. The fourth-order valence-electron chi connectivity index (χ4n) is 3.05. The largest absolute Gasteiger partial charge is 0.303 e. The van der Waals surface area contributed by atoms with E-state index in [-0.39, 0.29) is 0 Å². The van der Waals surface area contributed by atoms with Crippen LogP contribution >= 0.6 is 15.9 Å². The lowest BCUT2D eigenvalue weighted by molar-refractivity contribution is 0.411. The van der Waals surface area contributed by atoms with Crippen LogP contribution in [0.2, 0.25) is 0 Å². The highest BCUT2D eigenvalue weighted by atomic mass is 79.9. The highest BCUT2D eigenvalue weighted by molar-refractivity contribution is 9.10. The monoisotopic (exact) mass is 333 g/mol. The molecule has 2 atom stereocenters. The van der Waals surface area contributed by atoms with Gasteiger partial charge in [-0.15, -0.1) is 0 Å². The molecule has 1 heterocycles. The number of fused-ring (bicyclic) bond motifs is 1. The zero-order valence-corrected chi connectivity index (χ0v) is 13.5. The van der Waals surface area contributed by atoms with Crippen molar-refractivity contribution < 1.29 is 0 Å². The van der Waals surface area contributed by atoms with Crippen LogP contribution < -0.4 is 5.32 Å². The van der Waals surface area contributed by atoms with E-state index in [1.54, 1.807) is 0 Å². The summed E-state index contributed by atoms with van der Waals surface area (Å²) in [5.74, 6) is 0. The summed E-state index contributed by atoms with van der Waals surface area (Å²) in [6.45, 7) is 2.23. The van der Waals surface area contributed by atoms with Crippen LogP contribution in [-0.4, -0.2) is 9.78 Å². The van der Waals surface area contributed by atoms with Crippen LogP contribution in [-0.2, 0) is 13.5 Å². The van der Waals surface area contributed by atoms with Crippen LogP contribution in [0.1, 0.15) is 48.7 Å². The Kier molecular flexibility index (Phi) is 3.94. The summed E-state index contributed by atoms with van der Waals surface area (Å²) < 4.78 is 3.15. The van der Waals surface area contributed by atoms with Crippen molar-refractivity contribution >= 4 is 15.9 Å². The molecule has 1 aromatic heterocycles. The van der Waals surface area contributed by atoms with Crippen LogP contribution in [0.25, 0.3) is 0 Å². The topological polar surface area (TPSA) is 29.9 Å². The first-order valence-corrected chi connectivity index (χ1v) is 7.96. The van der Waals surface area contributed by atoms with Crippen LogP contribution in [0.5, 0.6) is 0 Å². The van der Waals surface area contributed by atoms with E-state index in [0.29, 0.717) is 12.1 Å². The van der Waals surface area contributed by atoms with Crippen molar-refractivity contribution in [2.75, 3.05) is 0 Å². The van der Waals surface area contributed by atoms with Crippen molar-refractivity contribution in [3.63, 3.8) is 0 Å². The van der Waals surface area contributed by atoms with Crippen LogP contribution in [0, 0.1) is 0 Å². The molecule has 1 N–H and O–H groups in total. The second-order valence-corrected chi connectivity index (χ2v) is 6.47. The summed E-state index contributed by atoms with van der Waals surface area (Å²) in [5.41, 5.74) is 4.08. The molecule has 0 saturated heterocycles. The molecule has 4 heteroatoms. The molecule has 1 unspecified atom stereocenters. The van der Waals surface area contributed by atoms with Gasteiger partial charge in [0.05, 0.1) is 6.20 Å². The summed E-state index contributed by atoms with van der Waals surface area (Å²) in [7, 11) is 2.04. The molecule has 2 aromatic rings. The Hall–Kier alpha value is -1.13. The fourth-order valence-corrected chi connectivity index (χ4v) is 3.47. The van der Waals surface area contributed by atoms with Gasteiger partial charge in [-0.25, -0.2) is 0 Å². The van der Waals surface area contributed by atoms with Crippen molar-refractivity contribution in [1.29, 1.82) is 0 Å². The highest BCUT2D eigenvalue weighted by Crippen LogP contribution is 2.31. The lowest BCUT2D eigenvalue weighted by Crippen LogP contribution is -2.27. The number of hydrogen-bond donors (Lipinski definition) is 1. The maximum atomic E-state index is 4.41. The third-order valence-corrected chi connectivity index (χ3v) is 4.67. The molecule has 1 aliphatic carbocycles. The number of hydrogen-bond acceptors (Lipinski definition) is 2. The molecule has 3 nitrogen and oxygen atoms in total. The van der Waals surface area contributed by atoms with Gasteiger partial charge in [0.1, 0.15) is 0 Å². The smallest absolute Gasteiger partial charge is 0.0540 e. The molecule has 0 saturated carbocycles. The minimum absolute atomic E-state index is 0.337. The van der Waals surface area contributed by atoms with E-state index >= 15 is 0 Å². The molecular formula is C16H20BrN3.